The van der Waals surface area contributed by atoms with E-state index in [4.69, 9.17) is 5.11 Å². The zero-order chi connectivity index (χ0) is 30.0. The van der Waals surface area contributed by atoms with Crippen molar-refractivity contribution in [3.8, 4) is 0 Å². The molecule has 0 radical (unpaired) electrons. The molecule has 0 aliphatic heterocycles. The minimum atomic E-state index is -8.30. The topological polar surface area (TPSA) is 49.3 Å². The molecule has 0 bridgehead atoms. The first kappa shape index (κ1) is 33.2. The van der Waals surface area contributed by atoms with Crippen LogP contribution in [0.2, 0.25) is 0 Å². The summed E-state index contributed by atoms with van der Waals surface area (Å²) >= 11 is 0. The Morgan fingerprint density at radius 2 is 1.13 bits per heavy atom. The highest BCUT2D eigenvalue weighted by molar-refractivity contribution is 5.87. The van der Waals surface area contributed by atoms with Crippen molar-refractivity contribution in [1.29, 1.82) is 0 Å². The Balaban J connectivity index is 2.89. The standard InChI is InChI=1S/C20H16F15NO2/c21-14(22,9-3-1-2-4-10-36-12-7-5-11(6-8-12)13(37)38)15(23,24)16(25,26)17(27,28)18(29,30)19(31,32)20(33,34)35/h3,5-9,36H,1-2,4,10H2,(H,37,38). The van der Waals surface area contributed by atoms with E-state index in [0.717, 1.165) is 0 Å². The third kappa shape index (κ3) is 5.92. The maximum Gasteiger partial charge on any atom is 0.460 e. The largest absolute Gasteiger partial charge is 0.478 e. The Labute approximate surface area is 203 Å². The van der Waals surface area contributed by atoms with E-state index in [2.05, 4.69) is 5.32 Å². The Kier molecular flexibility index (Phi) is 9.39. The monoisotopic (exact) mass is 587 g/mol. The van der Waals surface area contributed by atoms with Gasteiger partial charge in [0, 0.05) is 12.2 Å². The summed E-state index contributed by atoms with van der Waals surface area (Å²) < 4.78 is 197. The van der Waals surface area contributed by atoms with E-state index >= 15 is 0 Å². The first-order valence-corrected chi connectivity index (χ1v) is 9.97. The molecule has 0 fully saturated rings. The van der Waals surface area contributed by atoms with Crippen LogP contribution in [0.25, 0.3) is 0 Å². The Morgan fingerprint density at radius 3 is 1.58 bits per heavy atom. The number of carboxylic acids is 1. The smallest absolute Gasteiger partial charge is 0.460 e. The maximum atomic E-state index is 13.7. The highest BCUT2D eigenvalue weighted by Gasteiger charge is 2.93. The third-order valence-corrected chi connectivity index (χ3v) is 4.94. The lowest BCUT2D eigenvalue weighted by Gasteiger charge is -2.41. The number of carbonyl (C=O) groups is 1. The van der Waals surface area contributed by atoms with Crippen molar-refractivity contribution in [2.45, 2.75) is 61.0 Å². The van der Waals surface area contributed by atoms with E-state index in [0.29, 0.717) is 5.69 Å². The molecule has 0 heterocycles. The molecule has 0 saturated carbocycles. The van der Waals surface area contributed by atoms with E-state index < -0.39 is 60.2 Å². The summed E-state index contributed by atoms with van der Waals surface area (Å²) in [7, 11) is 0. The van der Waals surface area contributed by atoms with E-state index in [1.807, 2.05) is 0 Å². The number of rotatable bonds is 13. The van der Waals surface area contributed by atoms with Crippen LogP contribution in [0.3, 0.4) is 0 Å². The Bertz CT molecular complexity index is 985. The van der Waals surface area contributed by atoms with Crippen molar-refractivity contribution in [2.75, 3.05) is 11.9 Å². The van der Waals surface area contributed by atoms with Gasteiger partial charge in [-0.25, -0.2) is 4.79 Å². The fourth-order valence-corrected chi connectivity index (χ4v) is 2.67. The number of allylic oxidation sites excluding steroid dienone is 2. The number of alkyl halides is 15. The van der Waals surface area contributed by atoms with Crippen molar-refractivity contribution in [2.24, 2.45) is 0 Å². The lowest BCUT2D eigenvalue weighted by atomic mass is 9.91. The molecule has 0 amide bonds. The average Bonchev–Trinajstić information content (AvgIpc) is 2.77. The van der Waals surface area contributed by atoms with E-state index in [-0.39, 0.29) is 31.0 Å². The highest BCUT2D eigenvalue weighted by atomic mass is 19.4. The summed E-state index contributed by atoms with van der Waals surface area (Å²) in [6, 6.07) is 5.18. The predicted octanol–water partition coefficient (Wildman–Crippen LogP) is 7.90. The lowest BCUT2D eigenvalue weighted by Crippen LogP contribution is -2.72. The summed E-state index contributed by atoms with van der Waals surface area (Å²) in [6.07, 6.45) is -9.32. The van der Waals surface area contributed by atoms with Gasteiger partial charge in [0.05, 0.1) is 5.56 Å². The highest BCUT2D eigenvalue weighted by Crippen LogP contribution is 2.62. The number of anilines is 1. The van der Waals surface area contributed by atoms with Crippen LogP contribution in [0.5, 0.6) is 0 Å². The van der Waals surface area contributed by atoms with Crippen molar-refractivity contribution < 1.29 is 75.8 Å². The first-order valence-electron chi connectivity index (χ1n) is 9.97. The molecule has 2 N–H and O–H groups in total. The number of halogens is 15. The summed E-state index contributed by atoms with van der Waals surface area (Å²) in [5.41, 5.74) is 0.368. The van der Waals surface area contributed by atoms with Crippen molar-refractivity contribution in [3.05, 3.63) is 42.0 Å². The molecule has 0 aromatic heterocycles. The average molecular weight is 587 g/mol. The quantitative estimate of drug-likeness (QED) is 0.140. The molecular formula is C20H16F15NO2. The number of hydrogen-bond donors (Lipinski definition) is 2. The van der Waals surface area contributed by atoms with Gasteiger partial charge in [-0.15, -0.1) is 0 Å². The van der Waals surface area contributed by atoms with Gasteiger partial charge < -0.3 is 10.4 Å². The van der Waals surface area contributed by atoms with Crippen LogP contribution in [0.4, 0.5) is 71.5 Å². The fourth-order valence-electron chi connectivity index (χ4n) is 2.67. The van der Waals surface area contributed by atoms with E-state index in [1.54, 1.807) is 0 Å². The Morgan fingerprint density at radius 1 is 0.684 bits per heavy atom. The molecular weight excluding hydrogens is 571 g/mol. The molecule has 38 heavy (non-hydrogen) atoms. The zero-order valence-electron chi connectivity index (χ0n) is 18.3. The summed E-state index contributed by atoms with van der Waals surface area (Å²) in [4.78, 5) is 10.7. The van der Waals surface area contributed by atoms with Gasteiger partial charge in [0.25, 0.3) is 0 Å². The molecule has 3 nitrogen and oxygen atoms in total. The molecule has 0 saturated heterocycles. The SMILES string of the molecule is O=C(O)c1ccc(NCCCCC=CC(F)(F)C(F)(F)C(F)(F)C(F)(F)C(F)(F)C(F)(F)C(F)(F)F)cc1. The second-order valence-corrected chi connectivity index (χ2v) is 7.70. The number of unbranched alkanes of at least 4 members (excludes halogenated alkanes) is 2. The van der Waals surface area contributed by atoms with Gasteiger partial charge in [-0.3, -0.25) is 0 Å². The minimum absolute atomic E-state index is 0.0421. The normalized spacial score (nSPS) is 14.7. The zero-order valence-corrected chi connectivity index (χ0v) is 18.3. The molecule has 18 heteroatoms. The van der Waals surface area contributed by atoms with Crippen LogP contribution in [-0.4, -0.2) is 59.3 Å². The van der Waals surface area contributed by atoms with Gasteiger partial charge in [0.2, 0.25) is 0 Å². The van der Waals surface area contributed by atoms with E-state index in [9.17, 15) is 70.7 Å². The number of hydrogen-bond acceptors (Lipinski definition) is 2. The molecule has 1 aromatic carbocycles. The molecule has 0 atom stereocenters. The van der Waals surface area contributed by atoms with Crippen molar-refractivity contribution >= 4 is 11.7 Å². The predicted molar refractivity (Wildman–Crippen MR) is 101 cm³/mol. The molecule has 1 aromatic rings. The molecule has 218 valence electrons. The van der Waals surface area contributed by atoms with Crippen LogP contribution < -0.4 is 5.32 Å². The van der Waals surface area contributed by atoms with Crippen LogP contribution in [-0.2, 0) is 0 Å². The van der Waals surface area contributed by atoms with Gasteiger partial charge in [-0.1, -0.05) is 6.08 Å². The van der Waals surface area contributed by atoms with Gasteiger partial charge >= 0.3 is 47.7 Å². The number of benzene rings is 1. The number of carboxylic acid groups (broad SMARTS) is 1. The molecule has 0 unspecified atom stereocenters. The van der Waals surface area contributed by atoms with Gasteiger partial charge in [0.1, 0.15) is 0 Å². The fraction of sp³-hybridized carbons (Fsp3) is 0.550. The maximum absolute atomic E-state index is 13.7. The van der Waals surface area contributed by atoms with Gasteiger partial charge in [-0.2, -0.15) is 65.9 Å². The van der Waals surface area contributed by atoms with Crippen molar-refractivity contribution in [3.63, 3.8) is 0 Å². The van der Waals surface area contributed by atoms with Crippen LogP contribution >= 0.6 is 0 Å². The third-order valence-electron chi connectivity index (χ3n) is 4.94. The van der Waals surface area contributed by atoms with Crippen LogP contribution in [0.15, 0.2) is 36.4 Å². The second-order valence-electron chi connectivity index (χ2n) is 7.70. The molecule has 0 aliphatic carbocycles. The number of aromatic carboxylic acids is 1. The second kappa shape index (κ2) is 10.7. The molecule has 1 rings (SSSR count). The number of nitrogens with one attached hydrogen (secondary N) is 1. The van der Waals surface area contributed by atoms with Crippen LogP contribution in [0, 0.1) is 0 Å². The van der Waals surface area contributed by atoms with Crippen LogP contribution in [0.1, 0.15) is 29.6 Å². The molecule has 0 spiro atoms. The van der Waals surface area contributed by atoms with E-state index in [1.165, 1.54) is 24.3 Å². The lowest BCUT2D eigenvalue weighted by molar-refractivity contribution is -0.449. The van der Waals surface area contributed by atoms with Gasteiger partial charge in [0.15, 0.2) is 0 Å². The molecule has 0 aliphatic rings. The summed E-state index contributed by atoms with van der Waals surface area (Å²) in [5.74, 6) is -47.8. The Hall–Kier alpha value is -2.82. The first-order chi connectivity index (χ1) is 16.9. The summed E-state index contributed by atoms with van der Waals surface area (Å²) in [6.45, 7) is 0.0829. The minimum Gasteiger partial charge on any atom is -0.478 e. The van der Waals surface area contributed by atoms with Crippen molar-refractivity contribution in [1.82, 2.24) is 0 Å². The van der Waals surface area contributed by atoms with Gasteiger partial charge in [-0.05, 0) is 49.6 Å². The summed E-state index contributed by atoms with van der Waals surface area (Å²) in [5, 5.41) is 11.5.